The normalized spacial score (nSPS) is 16.4. The molecule has 1 aliphatic rings. The summed E-state index contributed by atoms with van der Waals surface area (Å²) in [6, 6.07) is 8.29. The van der Waals surface area contributed by atoms with Gasteiger partial charge in [0, 0.05) is 5.56 Å². The maximum absolute atomic E-state index is 12.9. The molecule has 1 saturated heterocycles. The predicted octanol–water partition coefficient (Wildman–Crippen LogP) is 3.84. The van der Waals surface area contributed by atoms with E-state index in [1.54, 1.807) is 26.2 Å². The van der Waals surface area contributed by atoms with Crippen molar-refractivity contribution in [3.05, 3.63) is 40.8 Å². The van der Waals surface area contributed by atoms with Gasteiger partial charge in [0.05, 0.1) is 25.7 Å². The molecule has 0 aliphatic carbocycles. The zero-order chi connectivity index (χ0) is 21.1. The Bertz CT molecular complexity index is 1010. The number of hydrogen-bond acceptors (Lipinski definition) is 7. The van der Waals surface area contributed by atoms with Gasteiger partial charge >= 0.3 is 5.97 Å². The minimum absolute atomic E-state index is 0.171. The van der Waals surface area contributed by atoms with E-state index in [4.69, 9.17) is 14.2 Å². The molecule has 152 valence electrons. The van der Waals surface area contributed by atoms with Gasteiger partial charge < -0.3 is 14.2 Å². The van der Waals surface area contributed by atoms with E-state index in [0.717, 1.165) is 27.4 Å². The summed E-state index contributed by atoms with van der Waals surface area (Å²) in [5, 5.41) is 1.23. The standard InChI is InChI=1S/C21H21NO6S/c1-5-28-20(24)12(2)22-19(23)18(29-21(22)25)11-16-15-10-14(26-3)8-6-13(15)7-9-17(16)27-4/h6-12H,5H2,1-4H3/b18-11+/t12-/m1/s1. The maximum Gasteiger partial charge on any atom is 0.329 e. The highest BCUT2D eigenvalue weighted by atomic mass is 32.2. The molecule has 0 saturated carbocycles. The number of methoxy groups -OCH3 is 2. The van der Waals surface area contributed by atoms with Gasteiger partial charge in [0.15, 0.2) is 0 Å². The van der Waals surface area contributed by atoms with Crippen LogP contribution in [0, 0.1) is 0 Å². The van der Waals surface area contributed by atoms with E-state index in [1.165, 1.54) is 14.0 Å². The van der Waals surface area contributed by atoms with Crippen LogP contribution in [0.2, 0.25) is 0 Å². The van der Waals surface area contributed by atoms with Gasteiger partial charge in [-0.05, 0) is 60.7 Å². The smallest absolute Gasteiger partial charge is 0.329 e. The molecule has 0 spiro atoms. The molecule has 2 amide bonds. The van der Waals surface area contributed by atoms with Crippen molar-refractivity contribution in [3.63, 3.8) is 0 Å². The van der Waals surface area contributed by atoms with Crippen molar-refractivity contribution in [2.24, 2.45) is 0 Å². The van der Waals surface area contributed by atoms with E-state index < -0.39 is 23.2 Å². The lowest BCUT2D eigenvalue weighted by atomic mass is 10.0. The molecular formula is C21H21NO6S. The van der Waals surface area contributed by atoms with Crippen LogP contribution in [0.5, 0.6) is 11.5 Å². The number of carbonyl (C=O) groups excluding carboxylic acids is 3. The molecule has 0 aromatic heterocycles. The Balaban J connectivity index is 2.06. The second-order valence-corrected chi connectivity index (χ2v) is 7.24. The minimum Gasteiger partial charge on any atom is -0.497 e. The average molecular weight is 415 g/mol. The van der Waals surface area contributed by atoms with Crippen LogP contribution >= 0.6 is 11.8 Å². The first-order valence-corrected chi connectivity index (χ1v) is 9.81. The SMILES string of the molecule is CCOC(=O)[C@@H](C)N1C(=O)S/C(=C/c2c(OC)ccc3ccc(OC)cc23)C1=O. The third-order valence-electron chi connectivity index (χ3n) is 4.56. The molecule has 0 bridgehead atoms. The van der Waals surface area contributed by atoms with Crippen LogP contribution in [0.4, 0.5) is 4.79 Å². The number of rotatable bonds is 6. The van der Waals surface area contributed by atoms with Gasteiger partial charge in [-0.1, -0.05) is 12.1 Å². The molecule has 0 N–H and O–H groups in total. The average Bonchev–Trinajstić information content (AvgIpc) is 3.00. The summed E-state index contributed by atoms with van der Waals surface area (Å²) in [6.45, 7) is 3.31. The van der Waals surface area contributed by atoms with E-state index in [9.17, 15) is 14.4 Å². The number of nitrogens with zero attached hydrogens (tertiary/aromatic N) is 1. The van der Waals surface area contributed by atoms with Crippen LogP contribution in [-0.4, -0.2) is 48.9 Å². The molecule has 1 atom stereocenters. The maximum atomic E-state index is 12.9. The fraction of sp³-hybridized carbons (Fsp3) is 0.286. The van der Waals surface area contributed by atoms with E-state index in [1.807, 2.05) is 24.3 Å². The fourth-order valence-corrected chi connectivity index (χ4v) is 3.96. The van der Waals surface area contributed by atoms with Crippen molar-refractivity contribution >= 4 is 45.7 Å². The Hall–Kier alpha value is -3.00. The van der Waals surface area contributed by atoms with E-state index in [0.29, 0.717) is 17.1 Å². The summed E-state index contributed by atoms with van der Waals surface area (Å²) < 4.78 is 15.7. The van der Waals surface area contributed by atoms with E-state index in [2.05, 4.69) is 0 Å². The molecule has 0 radical (unpaired) electrons. The van der Waals surface area contributed by atoms with Crippen LogP contribution in [0.15, 0.2) is 35.2 Å². The summed E-state index contributed by atoms with van der Waals surface area (Å²) in [4.78, 5) is 38.4. The van der Waals surface area contributed by atoms with Gasteiger partial charge in [-0.3, -0.25) is 14.5 Å². The number of hydrogen-bond donors (Lipinski definition) is 0. The van der Waals surface area contributed by atoms with Crippen LogP contribution < -0.4 is 9.47 Å². The number of fused-ring (bicyclic) bond motifs is 1. The van der Waals surface area contributed by atoms with Crippen LogP contribution in [-0.2, 0) is 14.3 Å². The summed E-state index contributed by atoms with van der Waals surface area (Å²) in [7, 11) is 3.11. The predicted molar refractivity (Wildman–Crippen MR) is 111 cm³/mol. The highest BCUT2D eigenvalue weighted by Gasteiger charge is 2.41. The van der Waals surface area contributed by atoms with Gasteiger partial charge in [0.25, 0.3) is 11.1 Å². The lowest BCUT2D eigenvalue weighted by molar-refractivity contribution is -0.150. The van der Waals surface area contributed by atoms with Crippen LogP contribution in [0.3, 0.4) is 0 Å². The largest absolute Gasteiger partial charge is 0.497 e. The van der Waals surface area contributed by atoms with Gasteiger partial charge in [-0.2, -0.15) is 0 Å². The van der Waals surface area contributed by atoms with Crippen molar-refractivity contribution in [1.29, 1.82) is 0 Å². The van der Waals surface area contributed by atoms with Crippen LogP contribution in [0.1, 0.15) is 19.4 Å². The zero-order valence-electron chi connectivity index (χ0n) is 16.6. The number of thioether (sulfide) groups is 1. The summed E-state index contributed by atoms with van der Waals surface area (Å²) in [5.74, 6) is 0.0477. The molecule has 1 aliphatic heterocycles. The number of ether oxygens (including phenoxy) is 3. The first-order chi connectivity index (χ1) is 13.9. The Morgan fingerprint density at radius 1 is 1.17 bits per heavy atom. The highest BCUT2D eigenvalue weighted by molar-refractivity contribution is 8.18. The number of amides is 2. The van der Waals surface area contributed by atoms with Gasteiger partial charge in [-0.25, -0.2) is 4.79 Å². The Kier molecular flexibility index (Phi) is 6.12. The molecule has 1 heterocycles. The number of benzene rings is 2. The number of esters is 1. The fourth-order valence-electron chi connectivity index (χ4n) is 3.07. The summed E-state index contributed by atoms with van der Waals surface area (Å²) >= 11 is 0.782. The number of imide groups is 1. The highest BCUT2D eigenvalue weighted by Crippen LogP contribution is 2.38. The molecule has 7 nitrogen and oxygen atoms in total. The summed E-state index contributed by atoms with van der Waals surface area (Å²) in [6.07, 6.45) is 1.61. The van der Waals surface area contributed by atoms with Crippen molar-refractivity contribution in [2.45, 2.75) is 19.9 Å². The first kappa shape index (κ1) is 20.7. The van der Waals surface area contributed by atoms with Gasteiger partial charge in [0.1, 0.15) is 17.5 Å². The molecule has 2 aromatic carbocycles. The van der Waals surface area contributed by atoms with Crippen molar-refractivity contribution in [3.8, 4) is 11.5 Å². The lowest BCUT2D eigenvalue weighted by Crippen LogP contribution is -2.42. The topological polar surface area (TPSA) is 82.1 Å². The second-order valence-electron chi connectivity index (χ2n) is 6.25. The van der Waals surface area contributed by atoms with Gasteiger partial charge in [-0.15, -0.1) is 0 Å². The molecule has 8 heteroatoms. The summed E-state index contributed by atoms with van der Waals surface area (Å²) in [5.41, 5.74) is 0.651. The molecule has 1 fully saturated rings. The van der Waals surface area contributed by atoms with E-state index in [-0.39, 0.29) is 11.5 Å². The molecule has 2 aromatic rings. The molecule has 0 unspecified atom stereocenters. The second kappa shape index (κ2) is 8.57. The van der Waals surface area contributed by atoms with Crippen molar-refractivity contribution in [2.75, 3.05) is 20.8 Å². The molecular weight excluding hydrogens is 394 g/mol. The molecule has 29 heavy (non-hydrogen) atoms. The zero-order valence-corrected chi connectivity index (χ0v) is 17.4. The third kappa shape index (κ3) is 3.93. The lowest BCUT2D eigenvalue weighted by Gasteiger charge is -2.19. The van der Waals surface area contributed by atoms with Crippen LogP contribution in [0.25, 0.3) is 16.8 Å². The quantitative estimate of drug-likeness (QED) is 0.524. The van der Waals surface area contributed by atoms with Crippen molar-refractivity contribution < 1.29 is 28.6 Å². The minimum atomic E-state index is -0.997. The Morgan fingerprint density at radius 3 is 2.55 bits per heavy atom. The van der Waals surface area contributed by atoms with Gasteiger partial charge in [0.2, 0.25) is 0 Å². The first-order valence-electron chi connectivity index (χ1n) is 8.99. The monoisotopic (exact) mass is 415 g/mol. The van der Waals surface area contributed by atoms with Crippen molar-refractivity contribution in [1.82, 2.24) is 4.90 Å². The van der Waals surface area contributed by atoms with E-state index >= 15 is 0 Å². The Labute approximate surface area is 172 Å². The molecule has 3 rings (SSSR count). The number of carbonyl (C=O) groups is 3. The Morgan fingerprint density at radius 2 is 1.90 bits per heavy atom. The third-order valence-corrected chi connectivity index (χ3v) is 5.45.